The summed E-state index contributed by atoms with van der Waals surface area (Å²) in [6.45, 7) is 5.72. The number of barbiturate groups is 1. The number of nitrogens with zero attached hydrogens (tertiary/aromatic N) is 1. The van der Waals surface area contributed by atoms with Gasteiger partial charge < -0.3 is 9.47 Å². The molecule has 1 N–H and O–H groups in total. The Morgan fingerprint density at radius 3 is 2.70 bits per heavy atom. The molecule has 0 aliphatic carbocycles. The largest absolute Gasteiger partial charge is 0.490 e. The molecule has 1 aliphatic heterocycles. The average Bonchev–Trinajstić information content (AvgIpc) is 2.62. The molecule has 0 radical (unpaired) electrons. The summed E-state index contributed by atoms with van der Waals surface area (Å²) < 4.78 is 11.6. The van der Waals surface area contributed by atoms with E-state index in [0.29, 0.717) is 28.1 Å². The molecule has 1 aliphatic rings. The van der Waals surface area contributed by atoms with E-state index in [9.17, 15) is 14.4 Å². The number of carbonyl (C=O) groups is 3. The number of imide groups is 2. The highest BCUT2D eigenvalue weighted by atomic mass is 79.9. The third-order valence-corrected chi connectivity index (χ3v) is 4.03. The van der Waals surface area contributed by atoms with Crippen LogP contribution in [0.2, 0.25) is 0 Å². The van der Waals surface area contributed by atoms with Crippen molar-refractivity contribution >= 4 is 39.9 Å². The van der Waals surface area contributed by atoms with Crippen molar-refractivity contribution in [2.24, 2.45) is 0 Å². The van der Waals surface area contributed by atoms with Crippen LogP contribution in [0, 0.1) is 12.3 Å². The molecule has 0 atom stereocenters. The van der Waals surface area contributed by atoms with Crippen molar-refractivity contribution in [3.8, 4) is 23.8 Å². The Kier molecular flexibility index (Phi) is 6.79. The first-order valence-electron chi connectivity index (χ1n) is 7.95. The van der Waals surface area contributed by atoms with Crippen molar-refractivity contribution < 1.29 is 23.9 Å². The Morgan fingerprint density at radius 1 is 1.33 bits per heavy atom. The van der Waals surface area contributed by atoms with Gasteiger partial charge in [0.1, 0.15) is 12.2 Å². The fourth-order valence-electron chi connectivity index (χ4n) is 2.34. The van der Waals surface area contributed by atoms with E-state index in [2.05, 4.69) is 33.7 Å². The molecule has 1 aromatic rings. The molecule has 0 unspecified atom stereocenters. The minimum atomic E-state index is -0.781. The summed E-state index contributed by atoms with van der Waals surface area (Å²) in [4.78, 5) is 37.3. The van der Waals surface area contributed by atoms with Crippen molar-refractivity contribution in [3.63, 3.8) is 0 Å². The molecule has 1 saturated heterocycles. The second-order valence-electron chi connectivity index (χ2n) is 5.28. The molecule has 1 fully saturated rings. The van der Waals surface area contributed by atoms with Gasteiger partial charge in [-0.1, -0.05) is 12.0 Å². The first-order valence-corrected chi connectivity index (χ1v) is 8.74. The van der Waals surface area contributed by atoms with Crippen molar-refractivity contribution in [2.75, 3.05) is 19.8 Å². The second-order valence-corrected chi connectivity index (χ2v) is 6.13. The zero-order valence-electron chi connectivity index (χ0n) is 14.6. The fourth-order valence-corrected chi connectivity index (χ4v) is 2.92. The van der Waals surface area contributed by atoms with Crippen LogP contribution in [-0.4, -0.2) is 42.5 Å². The maximum Gasteiger partial charge on any atom is 0.331 e. The fraction of sp³-hybridized carbons (Fsp3) is 0.211. The van der Waals surface area contributed by atoms with Gasteiger partial charge in [-0.2, -0.15) is 0 Å². The van der Waals surface area contributed by atoms with E-state index in [1.165, 1.54) is 12.2 Å². The summed E-state index contributed by atoms with van der Waals surface area (Å²) in [6.07, 6.45) is 7.99. The number of terminal acetylenes is 1. The third-order valence-electron chi connectivity index (χ3n) is 3.44. The van der Waals surface area contributed by atoms with Crippen LogP contribution >= 0.6 is 15.9 Å². The number of halogens is 1. The van der Waals surface area contributed by atoms with Crippen LogP contribution < -0.4 is 14.8 Å². The minimum absolute atomic E-state index is 0.0119. The third kappa shape index (κ3) is 4.57. The zero-order valence-corrected chi connectivity index (χ0v) is 16.2. The maximum atomic E-state index is 12.5. The lowest BCUT2D eigenvalue weighted by Crippen LogP contribution is -2.54. The lowest BCUT2D eigenvalue weighted by Gasteiger charge is -2.25. The molecular weight excluding hydrogens is 416 g/mol. The number of ether oxygens (including phenoxy) is 2. The molecule has 27 heavy (non-hydrogen) atoms. The highest BCUT2D eigenvalue weighted by Gasteiger charge is 2.35. The van der Waals surface area contributed by atoms with Gasteiger partial charge in [-0.25, -0.2) is 4.79 Å². The lowest BCUT2D eigenvalue weighted by atomic mass is 10.1. The van der Waals surface area contributed by atoms with Crippen molar-refractivity contribution in [1.82, 2.24) is 10.2 Å². The number of benzene rings is 1. The summed E-state index contributed by atoms with van der Waals surface area (Å²) in [6, 6.07) is 2.48. The molecule has 0 saturated carbocycles. The normalized spacial score (nSPS) is 15.4. The SMILES string of the molecule is C#CCOc1c(Br)cc(/C=C2/C(=O)NC(=O)N(CC=C)C2=O)cc1OCC. The number of hydrogen-bond acceptors (Lipinski definition) is 5. The van der Waals surface area contributed by atoms with Gasteiger partial charge in [-0.3, -0.25) is 19.8 Å². The quantitative estimate of drug-likeness (QED) is 0.309. The number of urea groups is 1. The topological polar surface area (TPSA) is 84.9 Å². The van der Waals surface area contributed by atoms with Crippen LogP contribution in [0.5, 0.6) is 11.5 Å². The van der Waals surface area contributed by atoms with Gasteiger partial charge in [0.2, 0.25) is 0 Å². The number of hydrogen-bond donors (Lipinski definition) is 1. The molecule has 0 bridgehead atoms. The van der Waals surface area contributed by atoms with Gasteiger partial charge in [-0.05, 0) is 46.6 Å². The van der Waals surface area contributed by atoms with Gasteiger partial charge in [0.15, 0.2) is 11.5 Å². The molecule has 8 heteroatoms. The Morgan fingerprint density at radius 2 is 2.07 bits per heavy atom. The Balaban J connectivity index is 2.46. The van der Waals surface area contributed by atoms with E-state index in [4.69, 9.17) is 15.9 Å². The summed E-state index contributed by atoms with van der Waals surface area (Å²) in [7, 11) is 0. The predicted octanol–water partition coefficient (Wildman–Crippen LogP) is 2.51. The summed E-state index contributed by atoms with van der Waals surface area (Å²) in [5.74, 6) is 1.71. The molecule has 4 amide bonds. The summed E-state index contributed by atoms with van der Waals surface area (Å²) in [5.41, 5.74) is 0.327. The molecular formula is C19H17BrN2O5. The first-order chi connectivity index (χ1) is 12.9. The van der Waals surface area contributed by atoms with Gasteiger partial charge in [0.05, 0.1) is 11.1 Å². The van der Waals surface area contributed by atoms with E-state index in [1.54, 1.807) is 19.1 Å². The van der Waals surface area contributed by atoms with Crippen LogP contribution in [0.3, 0.4) is 0 Å². The number of nitrogens with one attached hydrogen (secondary N) is 1. The predicted molar refractivity (Wildman–Crippen MR) is 103 cm³/mol. The van der Waals surface area contributed by atoms with E-state index < -0.39 is 17.8 Å². The van der Waals surface area contributed by atoms with Gasteiger partial charge in [-0.15, -0.1) is 13.0 Å². The van der Waals surface area contributed by atoms with Crippen LogP contribution in [0.15, 0.2) is 34.8 Å². The first kappa shape index (κ1) is 20.3. The maximum absolute atomic E-state index is 12.5. The van der Waals surface area contributed by atoms with E-state index in [0.717, 1.165) is 4.90 Å². The molecule has 1 heterocycles. The highest BCUT2D eigenvalue weighted by Crippen LogP contribution is 2.37. The van der Waals surface area contributed by atoms with Gasteiger partial charge in [0.25, 0.3) is 11.8 Å². The lowest BCUT2D eigenvalue weighted by molar-refractivity contribution is -0.129. The minimum Gasteiger partial charge on any atom is -0.490 e. The van der Waals surface area contributed by atoms with Crippen molar-refractivity contribution in [2.45, 2.75) is 6.92 Å². The Hall–Kier alpha value is -3.05. The van der Waals surface area contributed by atoms with E-state index in [-0.39, 0.29) is 18.7 Å². The molecule has 7 nitrogen and oxygen atoms in total. The Bertz CT molecular complexity index is 870. The average molecular weight is 433 g/mol. The molecule has 0 spiro atoms. The molecule has 2 rings (SSSR count). The standard InChI is InChI=1S/C19H17BrN2O5/c1-4-7-22-18(24)13(17(23)21-19(22)25)9-12-10-14(20)16(27-8-5-2)15(11-12)26-6-3/h2,4,9-11H,1,6-8H2,3H3,(H,21,23,25)/b13-9-. The molecule has 1 aromatic carbocycles. The molecule has 0 aromatic heterocycles. The van der Waals surface area contributed by atoms with E-state index >= 15 is 0 Å². The number of amides is 4. The van der Waals surface area contributed by atoms with Gasteiger partial charge in [0, 0.05) is 6.54 Å². The van der Waals surface area contributed by atoms with Crippen LogP contribution in [0.1, 0.15) is 12.5 Å². The summed E-state index contributed by atoms with van der Waals surface area (Å²) in [5, 5.41) is 2.13. The van der Waals surface area contributed by atoms with E-state index in [1.807, 2.05) is 0 Å². The van der Waals surface area contributed by atoms with Crippen LogP contribution in [-0.2, 0) is 9.59 Å². The second kappa shape index (κ2) is 9.05. The smallest absolute Gasteiger partial charge is 0.331 e. The zero-order chi connectivity index (χ0) is 20.0. The molecule has 140 valence electrons. The highest BCUT2D eigenvalue weighted by molar-refractivity contribution is 9.10. The van der Waals surface area contributed by atoms with Crippen LogP contribution in [0.4, 0.5) is 4.79 Å². The Labute approximate surface area is 165 Å². The number of rotatable bonds is 7. The monoisotopic (exact) mass is 432 g/mol. The number of carbonyl (C=O) groups excluding carboxylic acids is 3. The van der Waals surface area contributed by atoms with Crippen molar-refractivity contribution in [1.29, 1.82) is 0 Å². The van der Waals surface area contributed by atoms with Gasteiger partial charge >= 0.3 is 6.03 Å². The summed E-state index contributed by atoms with van der Waals surface area (Å²) >= 11 is 3.37. The van der Waals surface area contributed by atoms with Crippen LogP contribution in [0.25, 0.3) is 6.08 Å². The van der Waals surface area contributed by atoms with Crippen molar-refractivity contribution in [3.05, 3.63) is 40.4 Å².